The summed E-state index contributed by atoms with van der Waals surface area (Å²) in [6, 6.07) is 8.67. The standard InChI is InChI=1S/C13H15NO4/c15-12(18-17-9-10-6-7-10)8-14-13(16)11-4-2-1-3-5-11/h1-5,10H,6-9H2,(H,14,16). The molecule has 0 radical (unpaired) electrons. The molecule has 5 nitrogen and oxygen atoms in total. The Bertz CT molecular complexity index is 414. The van der Waals surface area contributed by atoms with Crippen LogP contribution in [0.25, 0.3) is 0 Å². The fourth-order valence-electron chi connectivity index (χ4n) is 1.35. The predicted octanol–water partition coefficient (Wildman–Crippen LogP) is 1.30. The summed E-state index contributed by atoms with van der Waals surface area (Å²) in [5.41, 5.74) is 0.504. The van der Waals surface area contributed by atoms with Gasteiger partial charge in [-0.2, -0.15) is 4.89 Å². The third kappa shape index (κ3) is 4.18. The Balaban J connectivity index is 1.64. The highest BCUT2D eigenvalue weighted by Crippen LogP contribution is 2.28. The first-order valence-electron chi connectivity index (χ1n) is 5.91. The molecule has 1 N–H and O–H groups in total. The number of nitrogens with one attached hydrogen (secondary N) is 1. The minimum atomic E-state index is -0.597. The number of benzene rings is 1. The lowest BCUT2D eigenvalue weighted by atomic mass is 10.2. The van der Waals surface area contributed by atoms with Crippen molar-refractivity contribution >= 4 is 11.9 Å². The fourth-order valence-corrected chi connectivity index (χ4v) is 1.35. The zero-order chi connectivity index (χ0) is 12.8. The molecule has 5 heteroatoms. The van der Waals surface area contributed by atoms with Crippen LogP contribution in [0.1, 0.15) is 23.2 Å². The quantitative estimate of drug-likeness (QED) is 0.609. The lowest BCUT2D eigenvalue weighted by molar-refractivity contribution is -0.273. The van der Waals surface area contributed by atoms with Crippen LogP contribution in [0.15, 0.2) is 30.3 Å². The number of carbonyl (C=O) groups excluding carboxylic acids is 2. The zero-order valence-electron chi connectivity index (χ0n) is 9.93. The minimum Gasteiger partial charge on any atom is -0.341 e. The van der Waals surface area contributed by atoms with Crippen LogP contribution in [-0.2, 0) is 14.6 Å². The van der Waals surface area contributed by atoms with Gasteiger partial charge < -0.3 is 5.32 Å². The van der Waals surface area contributed by atoms with Crippen molar-refractivity contribution in [2.24, 2.45) is 5.92 Å². The highest BCUT2D eigenvalue weighted by molar-refractivity contribution is 5.95. The Hall–Kier alpha value is -1.88. The van der Waals surface area contributed by atoms with Crippen LogP contribution in [0.4, 0.5) is 0 Å². The molecule has 2 rings (SSSR count). The van der Waals surface area contributed by atoms with Gasteiger partial charge in [-0.05, 0) is 30.9 Å². The molecule has 96 valence electrons. The highest BCUT2D eigenvalue weighted by atomic mass is 17.2. The topological polar surface area (TPSA) is 64.6 Å². The Kier molecular flexibility index (Phi) is 4.30. The maximum atomic E-state index is 11.6. The van der Waals surface area contributed by atoms with Gasteiger partial charge in [0.2, 0.25) is 0 Å². The predicted molar refractivity (Wildman–Crippen MR) is 63.5 cm³/mol. The van der Waals surface area contributed by atoms with Crippen LogP contribution in [0.2, 0.25) is 0 Å². The fraction of sp³-hybridized carbons (Fsp3) is 0.385. The molecule has 0 unspecified atom stereocenters. The lowest BCUT2D eigenvalue weighted by Gasteiger charge is -2.05. The summed E-state index contributed by atoms with van der Waals surface area (Å²) in [6.07, 6.45) is 2.25. The van der Waals surface area contributed by atoms with Crippen LogP contribution in [0, 0.1) is 5.92 Å². The lowest BCUT2D eigenvalue weighted by Crippen LogP contribution is -2.30. The van der Waals surface area contributed by atoms with Crippen LogP contribution >= 0.6 is 0 Å². The van der Waals surface area contributed by atoms with E-state index in [1.54, 1.807) is 24.3 Å². The Morgan fingerprint density at radius 3 is 2.61 bits per heavy atom. The van der Waals surface area contributed by atoms with Crippen molar-refractivity contribution in [3.05, 3.63) is 35.9 Å². The molecule has 0 aliphatic heterocycles. The van der Waals surface area contributed by atoms with E-state index in [1.807, 2.05) is 6.07 Å². The van der Waals surface area contributed by atoms with E-state index in [0.717, 1.165) is 12.8 Å². The van der Waals surface area contributed by atoms with Crippen molar-refractivity contribution in [1.82, 2.24) is 5.32 Å². The molecule has 1 amide bonds. The second kappa shape index (κ2) is 6.16. The van der Waals surface area contributed by atoms with Gasteiger partial charge in [0.25, 0.3) is 5.91 Å². The average molecular weight is 249 g/mol. The number of carbonyl (C=O) groups is 2. The van der Waals surface area contributed by atoms with E-state index in [4.69, 9.17) is 4.89 Å². The molecule has 0 heterocycles. The monoisotopic (exact) mass is 249 g/mol. The first-order chi connectivity index (χ1) is 8.75. The first-order valence-corrected chi connectivity index (χ1v) is 5.91. The van der Waals surface area contributed by atoms with E-state index in [1.165, 1.54) is 0 Å². The summed E-state index contributed by atoms with van der Waals surface area (Å²) < 4.78 is 0. The van der Waals surface area contributed by atoms with Crippen LogP contribution < -0.4 is 5.32 Å². The van der Waals surface area contributed by atoms with Crippen molar-refractivity contribution < 1.29 is 19.4 Å². The summed E-state index contributed by atoms with van der Waals surface area (Å²) >= 11 is 0. The summed E-state index contributed by atoms with van der Waals surface area (Å²) in [5, 5.41) is 2.46. The molecule has 0 bridgehead atoms. The summed E-state index contributed by atoms with van der Waals surface area (Å²) in [6.45, 7) is 0.247. The number of rotatable bonds is 6. The van der Waals surface area contributed by atoms with Gasteiger partial charge in [0.05, 0.1) is 6.61 Å². The van der Waals surface area contributed by atoms with Crippen LogP contribution in [0.5, 0.6) is 0 Å². The molecule has 1 aliphatic carbocycles. The van der Waals surface area contributed by atoms with Gasteiger partial charge in [-0.1, -0.05) is 18.2 Å². The highest BCUT2D eigenvalue weighted by Gasteiger charge is 2.22. The number of amides is 1. The maximum absolute atomic E-state index is 11.6. The van der Waals surface area contributed by atoms with Gasteiger partial charge >= 0.3 is 5.97 Å². The molecular weight excluding hydrogens is 234 g/mol. The molecule has 1 fully saturated rings. The molecule has 0 atom stereocenters. The van der Waals surface area contributed by atoms with Crippen molar-refractivity contribution in [1.29, 1.82) is 0 Å². The van der Waals surface area contributed by atoms with Crippen molar-refractivity contribution in [3.8, 4) is 0 Å². The van der Waals surface area contributed by atoms with Crippen LogP contribution in [-0.4, -0.2) is 25.0 Å². The molecule has 1 aromatic rings. The van der Waals surface area contributed by atoms with Gasteiger partial charge in [0.1, 0.15) is 6.54 Å². The Labute approximate surface area is 105 Å². The SMILES string of the molecule is O=C(CNC(=O)c1ccccc1)OOCC1CC1. The second-order valence-corrected chi connectivity index (χ2v) is 4.23. The molecular formula is C13H15NO4. The summed E-state index contributed by atoms with van der Waals surface area (Å²) in [7, 11) is 0. The second-order valence-electron chi connectivity index (χ2n) is 4.23. The van der Waals surface area contributed by atoms with Gasteiger partial charge in [0, 0.05) is 5.56 Å². The van der Waals surface area contributed by atoms with E-state index in [9.17, 15) is 9.59 Å². The van der Waals surface area contributed by atoms with Crippen molar-refractivity contribution in [2.45, 2.75) is 12.8 Å². The third-order valence-corrected chi connectivity index (χ3v) is 2.58. The molecule has 1 aromatic carbocycles. The zero-order valence-corrected chi connectivity index (χ0v) is 9.93. The third-order valence-electron chi connectivity index (χ3n) is 2.58. The summed E-state index contributed by atoms with van der Waals surface area (Å²) in [4.78, 5) is 32.1. The molecule has 1 aliphatic rings. The maximum Gasteiger partial charge on any atom is 0.361 e. The number of hydrogen-bond donors (Lipinski definition) is 1. The van der Waals surface area contributed by atoms with Crippen molar-refractivity contribution in [3.63, 3.8) is 0 Å². The van der Waals surface area contributed by atoms with E-state index in [-0.39, 0.29) is 12.5 Å². The molecule has 0 saturated heterocycles. The Morgan fingerprint density at radius 1 is 1.22 bits per heavy atom. The van der Waals surface area contributed by atoms with E-state index < -0.39 is 5.97 Å². The molecule has 18 heavy (non-hydrogen) atoms. The van der Waals surface area contributed by atoms with Gasteiger partial charge in [-0.3, -0.25) is 9.68 Å². The molecule has 0 aromatic heterocycles. The minimum absolute atomic E-state index is 0.196. The van der Waals surface area contributed by atoms with Crippen molar-refractivity contribution in [2.75, 3.05) is 13.2 Å². The molecule has 1 saturated carbocycles. The molecule has 0 spiro atoms. The first kappa shape index (κ1) is 12.6. The van der Waals surface area contributed by atoms with Gasteiger partial charge in [0.15, 0.2) is 0 Å². The van der Waals surface area contributed by atoms with E-state index in [2.05, 4.69) is 10.2 Å². The summed E-state index contributed by atoms with van der Waals surface area (Å²) in [5.74, 6) is -0.383. The van der Waals surface area contributed by atoms with E-state index in [0.29, 0.717) is 18.1 Å². The largest absolute Gasteiger partial charge is 0.361 e. The van der Waals surface area contributed by atoms with Gasteiger partial charge in [-0.25, -0.2) is 4.79 Å². The number of hydrogen-bond acceptors (Lipinski definition) is 4. The Morgan fingerprint density at radius 2 is 1.94 bits per heavy atom. The smallest absolute Gasteiger partial charge is 0.341 e. The van der Waals surface area contributed by atoms with Crippen LogP contribution in [0.3, 0.4) is 0 Å². The average Bonchev–Trinajstić information content (AvgIpc) is 3.21. The van der Waals surface area contributed by atoms with E-state index >= 15 is 0 Å². The normalized spacial score (nSPS) is 14.0. The van der Waals surface area contributed by atoms with Gasteiger partial charge in [-0.15, -0.1) is 0 Å².